The lowest BCUT2D eigenvalue weighted by Crippen LogP contribution is -2.33. The molecule has 2 fully saturated rings. The number of hydrogen-bond acceptors (Lipinski definition) is 6. The van der Waals surface area contributed by atoms with Crippen LogP contribution in [0.5, 0.6) is 0 Å². The number of thiazole rings is 1. The van der Waals surface area contributed by atoms with Crippen molar-refractivity contribution in [1.29, 1.82) is 0 Å². The van der Waals surface area contributed by atoms with Crippen molar-refractivity contribution in [2.45, 2.75) is 31.7 Å². The largest absolute Gasteiger partial charge is 0.381 e. The van der Waals surface area contributed by atoms with Gasteiger partial charge in [0.25, 0.3) is 0 Å². The molecule has 33 heavy (non-hydrogen) atoms. The van der Waals surface area contributed by atoms with Crippen molar-refractivity contribution in [3.8, 4) is 21.8 Å². The molecular weight excluding hydrogens is 443 g/mol. The lowest BCUT2D eigenvalue weighted by atomic mass is 10.0. The van der Waals surface area contributed by atoms with E-state index in [1.165, 1.54) is 23.5 Å². The number of carbonyl (C=O) groups is 1. The molecule has 2 aliphatic rings. The van der Waals surface area contributed by atoms with E-state index >= 15 is 0 Å². The Morgan fingerprint density at radius 1 is 1.15 bits per heavy atom. The second-order valence-electron chi connectivity index (χ2n) is 8.56. The monoisotopic (exact) mass is 470 g/mol. The molecule has 2 aromatic heterocycles. The molecule has 0 radical (unpaired) electrons. The maximum Gasteiger partial charge on any atom is 0.226 e. The van der Waals surface area contributed by atoms with Crippen LogP contribution in [0.4, 0.5) is 4.39 Å². The van der Waals surface area contributed by atoms with E-state index in [0.29, 0.717) is 25.7 Å². The minimum absolute atomic E-state index is 0.0177. The highest BCUT2D eigenvalue weighted by atomic mass is 32.1. The number of nitrogens with zero attached hydrogens (tertiary/aromatic N) is 3. The van der Waals surface area contributed by atoms with Gasteiger partial charge in [0, 0.05) is 37.3 Å². The molecule has 7 nitrogen and oxygen atoms in total. The fraction of sp³-hybridized carbons (Fsp3) is 0.458. The topological polar surface area (TPSA) is 78.3 Å². The van der Waals surface area contributed by atoms with Gasteiger partial charge in [-0.05, 0) is 49.4 Å². The summed E-state index contributed by atoms with van der Waals surface area (Å²) in [6, 6.07) is 6.57. The van der Waals surface area contributed by atoms with Crippen molar-refractivity contribution < 1.29 is 18.7 Å². The Morgan fingerprint density at radius 2 is 1.94 bits per heavy atom. The number of rotatable bonds is 7. The molecule has 1 aromatic carbocycles. The molecule has 4 heterocycles. The Bertz CT molecular complexity index is 1090. The van der Waals surface area contributed by atoms with E-state index in [-0.39, 0.29) is 24.2 Å². The number of halogens is 1. The summed E-state index contributed by atoms with van der Waals surface area (Å²) in [5.74, 6) is 0.187. The molecule has 0 aliphatic carbocycles. The first-order valence-electron chi connectivity index (χ1n) is 11.4. The van der Waals surface area contributed by atoms with Crippen LogP contribution in [0.15, 0.2) is 35.8 Å². The molecular formula is C24H27FN4O3S. The third-order valence-electron chi connectivity index (χ3n) is 6.22. The Kier molecular flexibility index (Phi) is 6.80. The van der Waals surface area contributed by atoms with E-state index in [0.717, 1.165) is 60.0 Å². The molecule has 174 valence electrons. The molecule has 2 aliphatic heterocycles. The van der Waals surface area contributed by atoms with Crippen molar-refractivity contribution in [3.05, 3.63) is 47.4 Å². The quantitative estimate of drug-likeness (QED) is 0.567. The number of carbonyl (C=O) groups excluding carboxylic acids is 1. The van der Waals surface area contributed by atoms with Gasteiger partial charge in [-0.3, -0.25) is 9.48 Å². The molecule has 1 N–H and O–H groups in total. The molecule has 2 saturated heterocycles. The van der Waals surface area contributed by atoms with Crippen LogP contribution in [0.3, 0.4) is 0 Å². The maximum absolute atomic E-state index is 13.6. The highest BCUT2D eigenvalue weighted by Gasteiger charge is 2.25. The summed E-state index contributed by atoms with van der Waals surface area (Å²) in [5, 5.41) is 10.4. The first kappa shape index (κ1) is 22.2. The fourth-order valence-electron chi connectivity index (χ4n) is 4.35. The van der Waals surface area contributed by atoms with Crippen molar-refractivity contribution in [2.75, 3.05) is 33.0 Å². The summed E-state index contributed by atoms with van der Waals surface area (Å²) in [7, 11) is 0. The molecule has 0 spiro atoms. The van der Waals surface area contributed by atoms with E-state index in [1.807, 2.05) is 16.3 Å². The Morgan fingerprint density at radius 3 is 2.70 bits per heavy atom. The van der Waals surface area contributed by atoms with Crippen LogP contribution in [0, 0.1) is 11.7 Å². The normalized spacial score (nSPS) is 19.1. The molecule has 3 aromatic rings. The van der Waals surface area contributed by atoms with Gasteiger partial charge in [0.05, 0.1) is 42.2 Å². The first-order chi connectivity index (χ1) is 16.2. The summed E-state index contributed by atoms with van der Waals surface area (Å²) in [6.45, 7) is 3.53. The molecule has 0 saturated carbocycles. The fourth-order valence-corrected chi connectivity index (χ4v) is 5.18. The molecule has 1 unspecified atom stereocenters. The standard InChI is InChI=1S/C24H27FN4O3S/c25-18-3-1-17(2-4-18)23-21(13-27-29(23)20-7-10-32-14-20)24-28-19(15-33-24)11-22(30)26-12-16-5-8-31-9-6-16/h1-4,13,15-16,20H,5-12,14H2,(H,26,30). The van der Waals surface area contributed by atoms with Gasteiger partial charge in [0.2, 0.25) is 5.91 Å². The third kappa shape index (κ3) is 5.15. The van der Waals surface area contributed by atoms with Crippen molar-refractivity contribution in [1.82, 2.24) is 20.1 Å². The summed E-state index contributed by atoms with van der Waals surface area (Å²) < 4.78 is 26.5. The zero-order chi connectivity index (χ0) is 22.6. The van der Waals surface area contributed by atoms with E-state index < -0.39 is 0 Å². The minimum Gasteiger partial charge on any atom is -0.381 e. The van der Waals surface area contributed by atoms with Gasteiger partial charge in [0.15, 0.2) is 0 Å². The molecule has 1 atom stereocenters. The first-order valence-corrected chi connectivity index (χ1v) is 12.3. The maximum atomic E-state index is 13.6. The number of amides is 1. The van der Waals surface area contributed by atoms with Crippen LogP contribution in [0.1, 0.15) is 31.0 Å². The molecule has 1 amide bonds. The Hall–Kier alpha value is -2.62. The van der Waals surface area contributed by atoms with Crippen molar-refractivity contribution in [3.63, 3.8) is 0 Å². The lowest BCUT2D eigenvalue weighted by molar-refractivity contribution is -0.120. The lowest BCUT2D eigenvalue weighted by Gasteiger charge is -2.22. The van der Waals surface area contributed by atoms with Gasteiger partial charge in [-0.2, -0.15) is 5.10 Å². The number of aromatic nitrogens is 3. The van der Waals surface area contributed by atoms with Crippen LogP contribution in [0.2, 0.25) is 0 Å². The van der Waals surface area contributed by atoms with Gasteiger partial charge in [0.1, 0.15) is 10.8 Å². The Labute approximate surface area is 195 Å². The number of nitrogens with one attached hydrogen (secondary N) is 1. The van der Waals surface area contributed by atoms with Crippen molar-refractivity contribution >= 4 is 17.2 Å². The smallest absolute Gasteiger partial charge is 0.226 e. The van der Waals surface area contributed by atoms with Gasteiger partial charge in [-0.15, -0.1) is 11.3 Å². The second-order valence-corrected chi connectivity index (χ2v) is 9.41. The minimum atomic E-state index is -0.279. The predicted octanol–water partition coefficient (Wildman–Crippen LogP) is 3.86. The summed E-state index contributed by atoms with van der Waals surface area (Å²) in [5.41, 5.74) is 3.39. The van der Waals surface area contributed by atoms with Crippen LogP contribution >= 0.6 is 11.3 Å². The van der Waals surface area contributed by atoms with Gasteiger partial charge in [-0.25, -0.2) is 9.37 Å². The zero-order valence-electron chi connectivity index (χ0n) is 18.3. The molecule has 0 bridgehead atoms. The summed E-state index contributed by atoms with van der Waals surface area (Å²) in [6.07, 6.45) is 4.92. The van der Waals surface area contributed by atoms with E-state index in [4.69, 9.17) is 14.5 Å². The van der Waals surface area contributed by atoms with Crippen LogP contribution in [-0.2, 0) is 20.7 Å². The number of benzene rings is 1. The van der Waals surface area contributed by atoms with Crippen molar-refractivity contribution in [2.24, 2.45) is 5.92 Å². The summed E-state index contributed by atoms with van der Waals surface area (Å²) in [4.78, 5) is 17.2. The number of ether oxygens (including phenoxy) is 2. The predicted molar refractivity (Wildman–Crippen MR) is 123 cm³/mol. The Balaban J connectivity index is 1.34. The second kappa shape index (κ2) is 10.1. The average molecular weight is 471 g/mol. The number of hydrogen-bond donors (Lipinski definition) is 1. The molecule has 5 rings (SSSR count). The van der Waals surface area contributed by atoms with E-state index in [9.17, 15) is 9.18 Å². The zero-order valence-corrected chi connectivity index (χ0v) is 19.2. The van der Waals surface area contributed by atoms with E-state index in [2.05, 4.69) is 10.4 Å². The third-order valence-corrected chi connectivity index (χ3v) is 7.14. The van der Waals surface area contributed by atoms with Gasteiger partial charge < -0.3 is 14.8 Å². The summed E-state index contributed by atoms with van der Waals surface area (Å²) >= 11 is 1.49. The molecule has 9 heteroatoms. The highest BCUT2D eigenvalue weighted by molar-refractivity contribution is 7.13. The highest BCUT2D eigenvalue weighted by Crippen LogP contribution is 2.37. The van der Waals surface area contributed by atoms with Gasteiger partial charge in [-0.1, -0.05) is 0 Å². The SMILES string of the molecule is O=C(Cc1csc(-c2cnn(C3CCOC3)c2-c2ccc(F)cc2)n1)NCC1CCOCC1. The van der Waals surface area contributed by atoms with Gasteiger partial charge >= 0.3 is 0 Å². The average Bonchev–Trinajstić information content (AvgIpc) is 3.59. The van der Waals surface area contributed by atoms with Crippen LogP contribution in [0.25, 0.3) is 21.8 Å². The van der Waals surface area contributed by atoms with Crippen LogP contribution < -0.4 is 5.32 Å². The van der Waals surface area contributed by atoms with E-state index in [1.54, 1.807) is 12.1 Å². The van der Waals surface area contributed by atoms with Crippen LogP contribution in [-0.4, -0.2) is 53.6 Å².